The molecule has 4 nitrogen and oxygen atoms in total. The summed E-state index contributed by atoms with van der Waals surface area (Å²) in [5, 5.41) is 0. The number of nitrogens with zero attached hydrogens (tertiary/aromatic N) is 2. The molecular formula is C16H16N2O2. The predicted molar refractivity (Wildman–Crippen MR) is 77.1 cm³/mol. The zero-order chi connectivity index (χ0) is 13.8. The Hall–Kier alpha value is -2.33. The van der Waals surface area contributed by atoms with Gasteiger partial charge in [-0.25, -0.2) is 4.79 Å². The van der Waals surface area contributed by atoms with Crippen LogP contribution < -0.4 is 4.90 Å². The van der Waals surface area contributed by atoms with Crippen molar-refractivity contribution >= 4 is 11.7 Å². The molecule has 0 bridgehead atoms. The average Bonchev–Trinajstić information content (AvgIpc) is 2.51. The highest BCUT2D eigenvalue weighted by atomic mass is 16.5. The molecule has 1 heterocycles. The standard InChI is InChI=1S/C16H16N2O2/c19-16-17(11-14-7-3-1-4-8-14)12-20-13-18(16)15-9-5-2-6-10-15/h1-10H,11-13H2. The molecule has 0 aromatic heterocycles. The number of para-hydroxylation sites is 1. The molecule has 1 saturated heterocycles. The van der Waals surface area contributed by atoms with Gasteiger partial charge >= 0.3 is 6.03 Å². The van der Waals surface area contributed by atoms with Gasteiger partial charge in [-0.1, -0.05) is 48.5 Å². The number of hydrogen-bond donors (Lipinski definition) is 0. The summed E-state index contributed by atoms with van der Waals surface area (Å²) < 4.78 is 5.52. The molecule has 0 unspecified atom stereocenters. The Morgan fingerprint density at radius 3 is 2.25 bits per heavy atom. The third-order valence-corrected chi connectivity index (χ3v) is 3.25. The molecular weight excluding hydrogens is 252 g/mol. The van der Waals surface area contributed by atoms with Crippen LogP contribution in [-0.4, -0.2) is 24.4 Å². The summed E-state index contributed by atoms with van der Waals surface area (Å²) in [4.78, 5) is 15.8. The Morgan fingerprint density at radius 1 is 0.900 bits per heavy atom. The summed E-state index contributed by atoms with van der Waals surface area (Å²) in [6.45, 7) is 1.19. The average molecular weight is 268 g/mol. The summed E-state index contributed by atoms with van der Waals surface area (Å²) in [5.41, 5.74) is 1.95. The molecule has 1 aliphatic rings. The first-order chi connectivity index (χ1) is 9.84. The Bertz CT molecular complexity index is 572. The van der Waals surface area contributed by atoms with E-state index in [-0.39, 0.29) is 6.03 Å². The normalized spacial score (nSPS) is 15.5. The summed E-state index contributed by atoms with van der Waals surface area (Å²) in [6.07, 6.45) is 0. The number of amides is 2. The van der Waals surface area contributed by atoms with Crippen LogP contribution in [0.4, 0.5) is 10.5 Å². The second-order valence-corrected chi connectivity index (χ2v) is 4.69. The number of hydrogen-bond acceptors (Lipinski definition) is 2. The van der Waals surface area contributed by atoms with Gasteiger partial charge in [0.05, 0.1) is 0 Å². The van der Waals surface area contributed by atoms with Crippen molar-refractivity contribution in [3.8, 4) is 0 Å². The molecule has 0 spiro atoms. The lowest BCUT2D eigenvalue weighted by molar-refractivity contribution is 0.0209. The Labute approximate surface area is 118 Å². The second-order valence-electron chi connectivity index (χ2n) is 4.69. The summed E-state index contributed by atoms with van der Waals surface area (Å²) in [7, 11) is 0. The van der Waals surface area contributed by atoms with Crippen LogP contribution in [0, 0.1) is 0 Å². The first kappa shape index (κ1) is 12.7. The highest BCUT2D eigenvalue weighted by Gasteiger charge is 2.27. The Morgan fingerprint density at radius 2 is 1.55 bits per heavy atom. The van der Waals surface area contributed by atoms with Crippen LogP contribution in [0.3, 0.4) is 0 Å². The van der Waals surface area contributed by atoms with Crippen molar-refractivity contribution in [3.05, 3.63) is 66.2 Å². The van der Waals surface area contributed by atoms with Gasteiger partial charge in [-0.15, -0.1) is 0 Å². The van der Waals surface area contributed by atoms with Crippen molar-refractivity contribution in [2.75, 3.05) is 18.4 Å². The lowest BCUT2D eigenvalue weighted by Crippen LogP contribution is -2.50. The van der Waals surface area contributed by atoms with Gasteiger partial charge in [-0.2, -0.15) is 0 Å². The van der Waals surface area contributed by atoms with Gasteiger partial charge in [0.2, 0.25) is 0 Å². The van der Waals surface area contributed by atoms with Crippen LogP contribution in [0.5, 0.6) is 0 Å². The smallest absolute Gasteiger partial charge is 0.328 e. The van der Waals surface area contributed by atoms with Crippen molar-refractivity contribution in [1.29, 1.82) is 0 Å². The maximum atomic E-state index is 12.5. The van der Waals surface area contributed by atoms with Crippen molar-refractivity contribution in [3.63, 3.8) is 0 Å². The number of benzene rings is 2. The van der Waals surface area contributed by atoms with Gasteiger partial charge in [0, 0.05) is 12.2 Å². The molecule has 2 amide bonds. The number of carbonyl (C=O) groups excluding carboxylic acids is 1. The molecule has 1 aliphatic heterocycles. The van der Waals surface area contributed by atoms with Crippen molar-refractivity contribution < 1.29 is 9.53 Å². The topological polar surface area (TPSA) is 32.8 Å². The van der Waals surface area contributed by atoms with E-state index in [0.29, 0.717) is 20.0 Å². The molecule has 20 heavy (non-hydrogen) atoms. The minimum atomic E-state index is -0.0219. The molecule has 1 fully saturated rings. The van der Waals surface area contributed by atoms with Crippen LogP contribution in [-0.2, 0) is 11.3 Å². The monoisotopic (exact) mass is 268 g/mol. The van der Waals surface area contributed by atoms with Crippen LogP contribution in [0.2, 0.25) is 0 Å². The third kappa shape index (κ3) is 2.65. The van der Waals surface area contributed by atoms with Crippen LogP contribution in [0.15, 0.2) is 60.7 Å². The molecule has 0 radical (unpaired) electrons. The molecule has 2 aromatic rings. The van der Waals surface area contributed by atoms with Gasteiger partial charge in [0.25, 0.3) is 0 Å². The van der Waals surface area contributed by atoms with Crippen LogP contribution >= 0.6 is 0 Å². The van der Waals surface area contributed by atoms with E-state index in [9.17, 15) is 4.79 Å². The van der Waals surface area contributed by atoms with E-state index in [1.807, 2.05) is 60.7 Å². The van der Waals surface area contributed by atoms with Gasteiger partial charge < -0.3 is 4.74 Å². The molecule has 4 heteroatoms. The van der Waals surface area contributed by atoms with E-state index < -0.39 is 0 Å². The fourth-order valence-corrected chi connectivity index (χ4v) is 2.23. The fraction of sp³-hybridized carbons (Fsp3) is 0.188. The van der Waals surface area contributed by atoms with E-state index in [2.05, 4.69) is 0 Å². The molecule has 3 rings (SSSR count). The van der Waals surface area contributed by atoms with E-state index in [1.165, 1.54) is 0 Å². The highest BCUT2D eigenvalue weighted by molar-refractivity contribution is 5.92. The maximum Gasteiger partial charge on any atom is 0.328 e. The van der Waals surface area contributed by atoms with E-state index in [4.69, 9.17) is 4.74 Å². The SMILES string of the molecule is O=C1N(Cc2ccccc2)COCN1c1ccccc1. The number of ether oxygens (including phenoxy) is 1. The van der Waals surface area contributed by atoms with Gasteiger partial charge in [-0.05, 0) is 17.7 Å². The minimum Gasteiger partial charge on any atom is -0.340 e. The summed E-state index contributed by atoms with van der Waals surface area (Å²) >= 11 is 0. The summed E-state index contributed by atoms with van der Waals surface area (Å²) in [6, 6.07) is 19.5. The first-order valence-electron chi connectivity index (χ1n) is 6.58. The predicted octanol–water partition coefficient (Wildman–Crippen LogP) is 3.06. The number of rotatable bonds is 3. The van der Waals surface area contributed by atoms with Gasteiger partial charge in [0.15, 0.2) is 0 Å². The van der Waals surface area contributed by atoms with Gasteiger partial charge in [-0.3, -0.25) is 9.80 Å². The zero-order valence-electron chi connectivity index (χ0n) is 11.1. The van der Waals surface area contributed by atoms with Crippen molar-refractivity contribution in [1.82, 2.24) is 4.90 Å². The number of anilines is 1. The Kier molecular flexibility index (Phi) is 3.65. The largest absolute Gasteiger partial charge is 0.340 e. The molecule has 2 aromatic carbocycles. The van der Waals surface area contributed by atoms with E-state index in [1.54, 1.807) is 9.80 Å². The highest BCUT2D eigenvalue weighted by Crippen LogP contribution is 2.19. The minimum absolute atomic E-state index is 0.0219. The lowest BCUT2D eigenvalue weighted by Gasteiger charge is -2.35. The quantitative estimate of drug-likeness (QED) is 0.857. The molecule has 0 atom stereocenters. The van der Waals surface area contributed by atoms with E-state index in [0.717, 1.165) is 11.3 Å². The summed E-state index contributed by atoms with van der Waals surface area (Å²) in [5.74, 6) is 0. The second kappa shape index (κ2) is 5.75. The fourth-order valence-electron chi connectivity index (χ4n) is 2.23. The molecule has 102 valence electrons. The number of urea groups is 1. The van der Waals surface area contributed by atoms with Crippen molar-refractivity contribution in [2.24, 2.45) is 0 Å². The van der Waals surface area contributed by atoms with Gasteiger partial charge in [0.1, 0.15) is 13.5 Å². The third-order valence-electron chi connectivity index (χ3n) is 3.25. The maximum absolute atomic E-state index is 12.5. The lowest BCUT2D eigenvalue weighted by atomic mass is 10.2. The molecule has 0 saturated carbocycles. The first-order valence-corrected chi connectivity index (χ1v) is 6.58. The zero-order valence-corrected chi connectivity index (χ0v) is 11.1. The molecule has 0 N–H and O–H groups in total. The van der Waals surface area contributed by atoms with Crippen LogP contribution in [0.25, 0.3) is 0 Å². The molecule has 0 aliphatic carbocycles. The Balaban J connectivity index is 1.76. The van der Waals surface area contributed by atoms with E-state index >= 15 is 0 Å². The van der Waals surface area contributed by atoms with Crippen molar-refractivity contribution in [2.45, 2.75) is 6.54 Å². The van der Waals surface area contributed by atoms with Crippen LogP contribution in [0.1, 0.15) is 5.56 Å². The number of carbonyl (C=O) groups is 1.